The van der Waals surface area contributed by atoms with Crippen LogP contribution in [-0.4, -0.2) is 0 Å². The molecule has 0 spiro atoms. The molecule has 0 aliphatic carbocycles. The first-order valence-electron chi connectivity index (χ1n) is 6.26. The van der Waals surface area contributed by atoms with Crippen LogP contribution in [0.15, 0.2) is 23.3 Å². The lowest BCUT2D eigenvalue weighted by atomic mass is 9.57. The largest absolute Gasteiger partial charge is 0.0999 e. The van der Waals surface area contributed by atoms with Crippen LogP contribution < -0.4 is 0 Å². The molecular formula is C16H30. The zero-order valence-electron chi connectivity index (χ0n) is 12.8. The number of hydrogen-bond acceptors (Lipinski definition) is 0. The Kier molecular flexibility index (Phi) is 4.62. The smallest absolute Gasteiger partial charge is 0.00882 e. The van der Waals surface area contributed by atoms with Crippen molar-refractivity contribution in [3.8, 4) is 0 Å². The van der Waals surface area contributed by atoms with Crippen molar-refractivity contribution in [2.75, 3.05) is 0 Å². The van der Waals surface area contributed by atoms with Crippen LogP contribution in [0.4, 0.5) is 0 Å². The van der Waals surface area contributed by atoms with Gasteiger partial charge in [0.15, 0.2) is 0 Å². The van der Waals surface area contributed by atoms with Crippen LogP contribution in [0.1, 0.15) is 62.3 Å². The molecular weight excluding hydrogens is 192 g/mol. The minimum Gasteiger partial charge on any atom is -0.0999 e. The topological polar surface area (TPSA) is 0 Å². The Morgan fingerprint density at radius 2 is 1.31 bits per heavy atom. The summed E-state index contributed by atoms with van der Waals surface area (Å²) in [5, 5.41) is 0. The van der Waals surface area contributed by atoms with Crippen LogP contribution in [0.2, 0.25) is 0 Å². The highest BCUT2D eigenvalue weighted by molar-refractivity contribution is 5.21. The van der Waals surface area contributed by atoms with Crippen molar-refractivity contribution >= 4 is 0 Å². The highest BCUT2D eigenvalue weighted by atomic mass is 14.5. The third-order valence-corrected chi connectivity index (χ3v) is 5.12. The van der Waals surface area contributed by atoms with Gasteiger partial charge in [-0.2, -0.15) is 0 Å². The van der Waals surface area contributed by atoms with Gasteiger partial charge in [0.1, 0.15) is 0 Å². The summed E-state index contributed by atoms with van der Waals surface area (Å²) in [7, 11) is 0. The van der Waals surface area contributed by atoms with Crippen molar-refractivity contribution in [2.45, 2.75) is 62.3 Å². The van der Waals surface area contributed by atoms with Gasteiger partial charge in [-0.25, -0.2) is 0 Å². The second-order valence-electron chi connectivity index (χ2n) is 6.54. The van der Waals surface area contributed by atoms with E-state index in [1.54, 1.807) is 0 Å². The first kappa shape index (κ1) is 15.5. The van der Waals surface area contributed by atoms with Gasteiger partial charge in [0.05, 0.1) is 0 Å². The Hall–Kier alpha value is -0.520. The minimum atomic E-state index is 0.199. The molecule has 0 N–H and O–H groups in total. The minimum absolute atomic E-state index is 0.199. The normalized spacial score (nSPS) is 14.6. The Balaban J connectivity index is 5.46. The quantitative estimate of drug-likeness (QED) is 0.542. The van der Waals surface area contributed by atoms with Crippen LogP contribution in [0.3, 0.4) is 0 Å². The first-order chi connectivity index (χ1) is 6.96. The zero-order valence-corrected chi connectivity index (χ0v) is 12.8. The predicted octanol–water partition coefficient (Wildman–Crippen LogP) is 5.61. The van der Waals surface area contributed by atoms with Gasteiger partial charge in [-0.1, -0.05) is 57.9 Å². The van der Waals surface area contributed by atoms with E-state index in [4.69, 9.17) is 0 Å². The van der Waals surface area contributed by atoms with Crippen molar-refractivity contribution in [2.24, 2.45) is 16.7 Å². The summed E-state index contributed by atoms with van der Waals surface area (Å²) in [5.74, 6) is 0.525. The fraction of sp³-hybridized carbons (Fsp3) is 0.750. The molecule has 1 unspecified atom stereocenters. The molecule has 0 nitrogen and oxygen atoms in total. The van der Waals surface area contributed by atoms with Crippen LogP contribution in [-0.2, 0) is 0 Å². The van der Waals surface area contributed by atoms with Gasteiger partial charge in [0.2, 0.25) is 0 Å². The van der Waals surface area contributed by atoms with Crippen molar-refractivity contribution in [3.05, 3.63) is 23.3 Å². The van der Waals surface area contributed by atoms with Gasteiger partial charge in [-0.05, 0) is 44.4 Å². The Morgan fingerprint density at radius 3 is 1.56 bits per heavy atom. The molecule has 0 amide bonds. The summed E-state index contributed by atoms with van der Waals surface area (Å²) in [6, 6.07) is 0. The van der Waals surface area contributed by atoms with E-state index in [9.17, 15) is 0 Å². The Bertz CT molecular complexity index is 296. The van der Waals surface area contributed by atoms with Gasteiger partial charge in [-0.3, -0.25) is 0 Å². The highest BCUT2D eigenvalue weighted by Crippen LogP contribution is 2.51. The molecule has 0 rings (SSSR count). The third-order valence-electron chi connectivity index (χ3n) is 5.12. The standard InChI is InChI=1S/C16H30/c1-11(2)13(5)15(7,8)16(9,10)14(6)12(3)4/h13H,1H2,2-10H3. The molecule has 0 heteroatoms. The molecule has 0 aliphatic heterocycles. The third kappa shape index (κ3) is 2.59. The molecule has 0 fully saturated rings. The number of rotatable bonds is 4. The van der Waals surface area contributed by atoms with Gasteiger partial charge < -0.3 is 0 Å². The molecule has 0 bridgehead atoms. The molecule has 0 radical (unpaired) electrons. The summed E-state index contributed by atoms with van der Waals surface area (Å²) < 4.78 is 0. The second kappa shape index (κ2) is 4.77. The number of allylic oxidation sites excluding steroid dienone is 3. The van der Waals surface area contributed by atoms with Crippen LogP contribution in [0.25, 0.3) is 0 Å². The maximum absolute atomic E-state index is 4.12. The van der Waals surface area contributed by atoms with Crippen molar-refractivity contribution in [1.29, 1.82) is 0 Å². The SMILES string of the molecule is C=C(C)C(C)C(C)(C)C(C)(C)C(C)=C(C)C. The van der Waals surface area contributed by atoms with E-state index in [0.717, 1.165) is 0 Å². The predicted molar refractivity (Wildman–Crippen MR) is 75.6 cm³/mol. The van der Waals surface area contributed by atoms with E-state index in [1.807, 2.05) is 0 Å². The van der Waals surface area contributed by atoms with Crippen LogP contribution >= 0.6 is 0 Å². The monoisotopic (exact) mass is 222 g/mol. The summed E-state index contributed by atoms with van der Waals surface area (Å²) in [4.78, 5) is 0. The molecule has 0 aromatic heterocycles. The summed E-state index contributed by atoms with van der Waals surface area (Å²) in [6.45, 7) is 24.7. The van der Waals surface area contributed by atoms with E-state index in [0.29, 0.717) is 5.92 Å². The van der Waals surface area contributed by atoms with Crippen molar-refractivity contribution in [3.63, 3.8) is 0 Å². The summed E-state index contributed by atoms with van der Waals surface area (Å²) in [6.07, 6.45) is 0. The fourth-order valence-electron chi connectivity index (χ4n) is 2.27. The van der Waals surface area contributed by atoms with E-state index in [2.05, 4.69) is 68.9 Å². The van der Waals surface area contributed by atoms with E-state index in [1.165, 1.54) is 16.7 Å². The van der Waals surface area contributed by atoms with Crippen LogP contribution in [0, 0.1) is 16.7 Å². The molecule has 0 saturated heterocycles. The highest BCUT2D eigenvalue weighted by Gasteiger charge is 2.42. The maximum Gasteiger partial charge on any atom is -0.00882 e. The van der Waals surface area contributed by atoms with Crippen LogP contribution in [0.5, 0.6) is 0 Å². The lowest BCUT2D eigenvalue weighted by molar-refractivity contribution is 0.0975. The van der Waals surface area contributed by atoms with Crippen molar-refractivity contribution < 1.29 is 0 Å². The first-order valence-corrected chi connectivity index (χ1v) is 6.26. The Morgan fingerprint density at radius 1 is 0.938 bits per heavy atom. The number of hydrogen-bond donors (Lipinski definition) is 0. The average molecular weight is 222 g/mol. The summed E-state index contributed by atoms with van der Waals surface area (Å²) in [5.41, 5.74) is 4.64. The lowest BCUT2D eigenvalue weighted by Gasteiger charge is -2.48. The van der Waals surface area contributed by atoms with E-state index < -0.39 is 0 Å². The molecule has 0 aromatic carbocycles. The maximum atomic E-state index is 4.12. The van der Waals surface area contributed by atoms with Gasteiger partial charge in [0.25, 0.3) is 0 Å². The van der Waals surface area contributed by atoms with E-state index in [-0.39, 0.29) is 10.8 Å². The molecule has 0 aromatic rings. The molecule has 94 valence electrons. The zero-order chi connectivity index (χ0) is 13.3. The molecule has 0 saturated carbocycles. The molecule has 16 heavy (non-hydrogen) atoms. The molecule has 1 atom stereocenters. The molecule has 0 heterocycles. The van der Waals surface area contributed by atoms with E-state index >= 15 is 0 Å². The summed E-state index contributed by atoms with van der Waals surface area (Å²) >= 11 is 0. The van der Waals surface area contributed by atoms with Crippen molar-refractivity contribution in [1.82, 2.24) is 0 Å². The van der Waals surface area contributed by atoms with Gasteiger partial charge >= 0.3 is 0 Å². The molecule has 0 aliphatic rings. The average Bonchev–Trinajstić information content (AvgIpc) is 2.14. The fourth-order valence-corrected chi connectivity index (χ4v) is 2.27. The van der Waals surface area contributed by atoms with Gasteiger partial charge in [-0.15, -0.1) is 0 Å². The Labute approximate surface area is 103 Å². The lowest BCUT2D eigenvalue weighted by Crippen LogP contribution is -2.39. The van der Waals surface area contributed by atoms with Gasteiger partial charge in [0, 0.05) is 0 Å². The second-order valence-corrected chi connectivity index (χ2v) is 6.54.